The molecule has 2 N–H and O–H groups in total. The number of aryl methyl sites for hydroxylation is 1. The highest BCUT2D eigenvalue weighted by molar-refractivity contribution is 5.94. The fourth-order valence-corrected chi connectivity index (χ4v) is 2.26. The van der Waals surface area contributed by atoms with Gasteiger partial charge in [0.2, 0.25) is 0 Å². The van der Waals surface area contributed by atoms with Crippen molar-refractivity contribution < 1.29 is 5.11 Å². The normalized spacial score (nSPS) is 11.1. The summed E-state index contributed by atoms with van der Waals surface area (Å²) in [5.74, 6) is 0.683. The summed E-state index contributed by atoms with van der Waals surface area (Å²) in [7, 11) is 0. The third-order valence-corrected chi connectivity index (χ3v) is 3.10. The highest BCUT2D eigenvalue weighted by atomic mass is 16.3. The van der Waals surface area contributed by atoms with Crippen LogP contribution in [0.5, 0.6) is 0 Å². The number of nitrogens with zero attached hydrogens (tertiary/aromatic N) is 2. The monoisotopic (exact) mass is 253 g/mol. The van der Waals surface area contributed by atoms with Crippen LogP contribution in [0.1, 0.15) is 11.5 Å². The van der Waals surface area contributed by atoms with E-state index in [2.05, 4.69) is 21.0 Å². The SMILES string of the molecule is Cc1cc(-c2c[nH]c3ccccc23)nc(CCO)n1. The predicted molar refractivity (Wildman–Crippen MR) is 74.9 cm³/mol. The van der Waals surface area contributed by atoms with Gasteiger partial charge in [0, 0.05) is 34.8 Å². The lowest BCUT2D eigenvalue weighted by molar-refractivity contribution is 0.296. The standard InChI is InChI=1S/C15H15N3O/c1-10-8-14(18-15(17-10)6-7-19)12-9-16-13-5-3-2-4-11(12)13/h2-5,8-9,16,19H,6-7H2,1H3. The van der Waals surface area contributed by atoms with Gasteiger partial charge in [-0.15, -0.1) is 0 Å². The van der Waals surface area contributed by atoms with E-state index in [1.807, 2.05) is 37.4 Å². The van der Waals surface area contributed by atoms with E-state index >= 15 is 0 Å². The second kappa shape index (κ2) is 4.82. The molecule has 1 aromatic carbocycles. The smallest absolute Gasteiger partial charge is 0.131 e. The minimum atomic E-state index is 0.0662. The summed E-state index contributed by atoms with van der Waals surface area (Å²) in [6, 6.07) is 10.1. The van der Waals surface area contributed by atoms with E-state index in [9.17, 15) is 0 Å². The number of para-hydroxylation sites is 1. The van der Waals surface area contributed by atoms with Gasteiger partial charge in [-0.25, -0.2) is 9.97 Å². The largest absolute Gasteiger partial charge is 0.396 e. The average Bonchev–Trinajstić information content (AvgIpc) is 2.82. The third-order valence-electron chi connectivity index (χ3n) is 3.10. The molecule has 4 nitrogen and oxygen atoms in total. The molecule has 0 fully saturated rings. The van der Waals surface area contributed by atoms with Gasteiger partial charge in [-0.3, -0.25) is 0 Å². The quantitative estimate of drug-likeness (QED) is 0.753. The van der Waals surface area contributed by atoms with Gasteiger partial charge < -0.3 is 10.1 Å². The molecule has 19 heavy (non-hydrogen) atoms. The summed E-state index contributed by atoms with van der Waals surface area (Å²) in [6.07, 6.45) is 2.45. The van der Waals surface area contributed by atoms with Crippen LogP contribution in [0.3, 0.4) is 0 Å². The fourth-order valence-electron chi connectivity index (χ4n) is 2.26. The minimum absolute atomic E-state index is 0.0662. The highest BCUT2D eigenvalue weighted by Gasteiger charge is 2.09. The topological polar surface area (TPSA) is 61.8 Å². The first kappa shape index (κ1) is 11.9. The first-order valence-electron chi connectivity index (χ1n) is 6.30. The molecule has 0 saturated heterocycles. The van der Waals surface area contributed by atoms with Crippen LogP contribution in [0, 0.1) is 6.92 Å². The Labute approximate surface area is 111 Å². The molecule has 0 unspecified atom stereocenters. The van der Waals surface area contributed by atoms with Crippen molar-refractivity contribution in [2.45, 2.75) is 13.3 Å². The third kappa shape index (κ3) is 2.22. The highest BCUT2D eigenvalue weighted by Crippen LogP contribution is 2.27. The van der Waals surface area contributed by atoms with Crippen LogP contribution in [0.25, 0.3) is 22.2 Å². The molecule has 2 heterocycles. The van der Waals surface area contributed by atoms with Crippen LogP contribution in [0.15, 0.2) is 36.5 Å². The number of H-pyrrole nitrogens is 1. The summed E-state index contributed by atoms with van der Waals surface area (Å²) in [5, 5.41) is 10.2. The maximum absolute atomic E-state index is 9.02. The second-order valence-electron chi connectivity index (χ2n) is 4.53. The Hall–Kier alpha value is -2.20. The molecule has 3 aromatic rings. The molecule has 2 aromatic heterocycles. The lowest BCUT2D eigenvalue weighted by Crippen LogP contribution is -2.01. The Morgan fingerprint density at radius 1 is 1.21 bits per heavy atom. The minimum Gasteiger partial charge on any atom is -0.396 e. The molecule has 0 saturated carbocycles. The van der Waals surface area contributed by atoms with E-state index in [0.29, 0.717) is 12.2 Å². The Morgan fingerprint density at radius 2 is 2.05 bits per heavy atom. The van der Waals surface area contributed by atoms with E-state index in [0.717, 1.165) is 27.9 Å². The number of nitrogens with one attached hydrogen (secondary N) is 1. The van der Waals surface area contributed by atoms with Gasteiger partial charge in [0.25, 0.3) is 0 Å². The van der Waals surface area contributed by atoms with Crippen LogP contribution in [-0.4, -0.2) is 26.7 Å². The molecule has 0 amide bonds. The number of benzene rings is 1. The molecule has 0 bridgehead atoms. The number of fused-ring (bicyclic) bond motifs is 1. The zero-order valence-electron chi connectivity index (χ0n) is 10.7. The Bertz CT molecular complexity index is 718. The molecule has 0 radical (unpaired) electrons. The molecular weight excluding hydrogens is 238 g/mol. The second-order valence-corrected chi connectivity index (χ2v) is 4.53. The summed E-state index contributed by atoms with van der Waals surface area (Å²) < 4.78 is 0. The first-order chi connectivity index (χ1) is 9.28. The molecular formula is C15H15N3O. The van der Waals surface area contributed by atoms with E-state index in [1.165, 1.54) is 0 Å². The molecule has 0 aliphatic rings. The molecule has 0 spiro atoms. The number of rotatable bonds is 3. The van der Waals surface area contributed by atoms with Crippen LogP contribution in [0.2, 0.25) is 0 Å². The van der Waals surface area contributed by atoms with Gasteiger partial charge in [0.15, 0.2) is 0 Å². The lowest BCUT2D eigenvalue weighted by Gasteiger charge is -2.04. The summed E-state index contributed by atoms with van der Waals surface area (Å²) in [4.78, 5) is 12.1. The number of hydrogen-bond acceptors (Lipinski definition) is 3. The van der Waals surface area contributed by atoms with Gasteiger partial charge in [-0.2, -0.15) is 0 Å². The van der Waals surface area contributed by atoms with Gasteiger partial charge in [0.05, 0.1) is 12.3 Å². The molecule has 96 valence electrons. The van der Waals surface area contributed by atoms with Crippen molar-refractivity contribution >= 4 is 10.9 Å². The van der Waals surface area contributed by atoms with Crippen LogP contribution in [-0.2, 0) is 6.42 Å². The summed E-state index contributed by atoms with van der Waals surface area (Å²) in [6.45, 7) is 2.01. The van der Waals surface area contributed by atoms with E-state index in [1.54, 1.807) is 0 Å². The molecule has 3 rings (SSSR count). The zero-order valence-corrected chi connectivity index (χ0v) is 10.7. The molecule has 0 aliphatic carbocycles. The number of aliphatic hydroxyl groups excluding tert-OH is 1. The van der Waals surface area contributed by atoms with Crippen molar-refractivity contribution in [3.63, 3.8) is 0 Å². The Kier molecular flexibility index (Phi) is 3.01. The van der Waals surface area contributed by atoms with Crippen LogP contribution in [0.4, 0.5) is 0 Å². The van der Waals surface area contributed by atoms with Crippen molar-refractivity contribution in [1.29, 1.82) is 0 Å². The Balaban J connectivity index is 2.15. The number of aromatic nitrogens is 3. The van der Waals surface area contributed by atoms with Crippen molar-refractivity contribution in [3.8, 4) is 11.3 Å². The zero-order chi connectivity index (χ0) is 13.2. The molecule has 0 aliphatic heterocycles. The van der Waals surface area contributed by atoms with Crippen molar-refractivity contribution in [2.24, 2.45) is 0 Å². The summed E-state index contributed by atoms with van der Waals surface area (Å²) >= 11 is 0. The maximum atomic E-state index is 9.02. The van der Waals surface area contributed by atoms with E-state index in [-0.39, 0.29) is 6.61 Å². The average molecular weight is 253 g/mol. The number of hydrogen-bond donors (Lipinski definition) is 2. The van der Waals surface area contributed by atoms with Crippen molar-refractivity contribution in [1.82, 2.24) is 15.0 Å². The lowest BCUT2D eigenvalue weighted by atomic mass is 10.1. The predicted octanol–water partition coefficient (Wildman–Crippen LogP) is 2.47. The van der Waals surface area contributed by atoms with Crippen LogP contribution < -0.4 is 0 Å². The van der Waals surface area contributed by atoms with Gasteiger partial charge in [0.1, 0.15) is 5.82 Å². The van der Waals surface area contributed by atoms with Crippen LogP contribution >= 0.6 is 0 Å². The van der Waals surface area contributed by atoms with Gasteiger partial charge in [-0.05, 0) is 19.1 Å². The van der Waals surface area contributed by atoms with Crippen molar-refractivity contribution in [2.75, 3.05) is 6.61 Å². The van der Waals surface area contributed by atoms with Gasteiger partial charge >= 0.3 is 0 Å². The maximum Gasteiger partial charge on any atom is 0.131 e. The van der Waals surface area contributed by atoms with E-state index < -0.39 is 0 Å². The van der Waals surface area contributed by atoms with Crippen molar-refractivity contribution in [3.05, 3.63) is 48.0 Å². The number of aliphatic hydroxyl groups is 1. The molecule has 0 atom stereocenters. The summed E-state index contributed by atoms with van der Waals surface area (Å²) in [5.41, 5.74) is 3.98. The van der Waals surface area contributed by atoms with E-state index in [4.69, 9.17) is 5.11 Å². The van der Waals surface area contributed by atoms with Gasteiger partial charge in [-0.1, -0.05) is 18.2 Å². The first-order valence-corrected chi connectivity index (χ1v) is 6.30. The fraction of sp³-hybridized carbons (Fsp3) is 0.200. The molecule has 4 heteroatoms. The number of aromatic amines is 1. The Morgan fingerprint density at radius 3 is 2.89 bits per heavy atom.